The monoisotopic (exact) mass is 194 g/mol. The topological polar surface area (TPSA) is 20.2 Å². The summed E-state index contributed by atoms with van der Waals surface area (Å²) < 4.78 is 13.5. The van der Waals surface area contributed by atoms with Gasteiger partial charge in [-0.2, -0.15) is 0 Å². The average Bonchev–Trinajstić information content (AvgIpc) is 2.21. The fourth-order valence-electron chi connectivity index (χ4n) is 2.55. The van der Waals surface area contributed by atoms with Gasteiger partial charge >= 0.3 is 0 Å². The van der Waals surface area contributed by atoms with E-state index in [9.17, 15) is 9.50 Å². The van der Waals surface area contributed by atoms with Crippen LogP contribution in [0, 0.1) is 17.7 Å². The van der Waals surface area contributed by atoms with Gasteiger partial charge in [0, 0.05) is 0 Å². The lowest BCUT2D eigenvalue weighted by Gasteiger charge is -2.46. The fraction of sp³-hybridized carbons (Fsp3) is 0.500. The van der Waals surface area contributed by atoms with Crippen molar-refractivity contribution < 1.29 is 9.50 Å². The van der Waals surface area contributed by atoms with Gasteiger partial charge in [0.1, 0.15) is 5.82 Å². The Hall–Kier alpha value is -0.890. The molecule has 0 spiro atoms. The van der Waals surface area contributed by atoms with Crippen LogP contribution >= 0.6 is 0 Å². The van der Waals surface area contributed by atoms with Crippen molar-refractivity contribution in [3.63, 3.8) is 0 Å². The SMILES string of the molecule is CC1C(O)C(C)C1c1ccccc1F. The molecule has 14 heavy (non-hydrogen) atoms. The van der Waals surface area contributed by atoms with Crippen LogP contribution < -0.4 is 0 Å². The first-order valence-electron chi connectivity index (χ1n) is 5.05. The third-order valence-electron chi connectivity index (χ3n) is 3.47. The Morgan fingerprint density at radius 1 is 1.14 bits per heavy atom. The molecule has 1 N–H and O–H groups in total. The summed E-state index contributed by atoms with van der Waals surface area (Å²) in [5.74, 6) is 0.359. The number of aliphatic hydroxyl groups excluding tert-OH is 1. The van der Waals surface area contributed by atoms with Crippen molar-refractivity contribution >= 4 is 0 Å². The van der Waals surface area contributed by atoms with Gasteiger partial charge in [0.25, 0.3) is 0 Å². The van der Waals surface area contributed by atoms with E-state index in [1.807, 2.05) is 26.0 Å². The lowest BCUT2D eigenvalue weighted by molar-refractivity contribution is -0.0484. The molecule has 0 aliphatic heterocycles. The predicted molar refractivity (Wildman–Crippen MR) is 53.5 cm³/mol. The van der Waals surface area contributed by atoms with E-state index in [1.54, 1.807) is 6.07 Å². The maximum Gasteiger partial charge on any atom is 0.126 e. The van der Waals surface area contributed by atoms with E-state index in [1.165, 1.54) is 6.07 Å². The third kappa shape index (κ3) is 1.25. The second-order valence-corrected chi connectivity index (χ2v) is 4.26. The molecule has 1 aliphatic rings. The zero-order chi connectivity index (χ0) is 10.3. The summed E-state index contributed by atoms with van der Waals surface area (Å²) in [7, 11) is 0. The second-order valence-electron chi connectivity index (χ2n) is 4.26. The van der Waals surface area contributed by atoms with E-state index < -0.39 is 0 Å². The molecule has 0 amide bonds. The first-order chi connectivity index (χ1) is 6.63. The van der Waals surface area contributed by atoms with Crippen molar-refractivity contribution in [2.24, 2.45) is 11.8 Å². The van der Waals surface area contributed by atoms with Gasteiger partial charge in [0.2, 0.25) is 0 Å². The molecular formula is C12H15FO. The van der Waals surface area contributed by atoms with Gasteiger partial charge in [-0.1, -0.05) is 32.0 Å². The van der Waals surface area contributed by atoms with E-state index in [2.05, 4.69) is 0 Å². The predicted octanol–water partition coefficient (Wildman–Crippen LogP) is 2.56. The van der Waals surface area contributed by atoms with Crippen LogP contribution in [0.2, 0.25) is 0 Å². The molecular weight excluding hydrogens is 179 g/mol. The van der Waals surface area contributed by atoms with Crippen molar-refractivity contribution in [2.45, 2.75) is 25.9 Å². The van der Waals surface area contributed by atoms with Crippen LogP contribution in [0.15, 0.2) is 24.3 Å². The number of rotatable bonds is 1. The van der Waals surface area contributed by atoms with Gasteiger partial charge in [-0.25, -0.2) is 4.39 Å². The molecule has 2 rings (SSSR count). The van der Waals surface area contributed by atoms with E-state index in [0.29, 0.717) is 0 Å². The molecule has 1 aromatic rings. The lowest BCUT2D eigenvalue weighted by atomic mass is 9.61. The van der Waals surface area contributed by atoms with Gasteiger partial charge in [0.15, 0.2) is 0 Å². The molecule has 1 nitrogen and oxygen atoms in total. The highest BCUT2D eigenvalue weighted by Gasteiger charge is 2.45. The first kappa shape index (κ1) is 9.66. The summed E-state index contributed by atoms with van der Waals surface area (Å²) >= 11 is 0. The highest BCUT2D eigenvalue weighted by Crippen LogP contribution is 2.47. The molecule has 2 heteroatoms. The van der Waals surface area contributed by atoms with Gasteiger partial charge in [-0.3, -0.25) is 0 Å². The van der Waals surface area contributed by atoms with Gasteiger partial charge in [-0.15, -0.1) is 0 Å². The third-order valence-corrected chi connectivity index (χ3v) is 3.47. The molecule has 0 saturated heterocycles. The van der Waals surface area contributed by atoms with Crippen LogP contribution in [0.4, 0.5) is 4.39 Å². The van der Waals surface area contributed by atoms with Crippen molar-refractivity contribution in [1.82, 2.24) is 0 Å². The minimum absolute atomic E-state index is 0.150. The molecule has 1 aliphatic carbocycles. The van der Waals surface area contributed by atoms with Gasteiger partial charge in [0.05, 0.1) is 6.10 Å². The molecule has 0 bridgehead atoms. The van der Waals surface area contributed by atoms with Crippen molar-refractivity contribution in [3.8, 4) is 0 Å². The van der Waals surface area contributed by atoms with Gasteiger partial charge in [-0.05, 0) is 29.4 Å². The highest BCUT2D eigenvalue weighted by atomic mass is 19.1. The number of hydrogen-bond acceptors (Lipinski definition) is 1. The number of benzene rings is 1. The maximum atomic E-state index is 13.5. The number of halogens is 1. The van der Waals surface area contributed by atoms with Crippen LogP contribution in [0.5, 0.6) is 0 Å². The zero-order valence-electron chi connectivity index (χ0n) is 8.44. The molecule has 76 valence electrons. The summed E-state index contributed by atoms with van der Waals surface area (Å²) in [5, 5.41) is 9.59. The summed E-state index contributed by atoms with van der Waals surface area (Å²) in [5.41, 5.74) is 0.748. The van der Waals surface area contributed by atoms with E-state index >= 15 is 0 Å². The van der Waals surface area contributed by atoms with Crippen LogP contribution in [-0.2, 0) is 0 Å². The van der Waals surface area contributed by atoms with Crippen LogP contribution in [0.3, 0.4) is 0 Å². The Bertz CT molecular complexity index is 327. The fourth-order valence-corrected chi connectivity index (χ4v) is 2.55. The van der Waals surface area contributed by atoms with E-state index in [-0.39, 0.29) is 29.7 Å². The van der Waals surface area contributed by atoms with E-state index in [4.69, 9.17) is 0 Å². The highest BCUT2D eigenvalue weighted by molar-refractivity contribution is 5.26. The quantitative estimate of drug-likeness (QED) is 0.728. The van der Waals surface area contributed by atoms with Crippen LogP contribution in [0.25, 0.3) is 0 Å². The summed E-state index contributed by atoms with van der Waals surface area (Å²) in [6, 6.07) is 6.85. The molecule has 2 atom stereocenters. The smallest absolute Gasteiger partial charge is 0.126 e. The zero-order valence-corrected chi connectivity index (χ0v) is 8.44. The van der Waals surface area contributed by atoms with E-state index in [0.717, 1.165) is 5.56 Å². The molecule has 0 radical (unpaired) electrons. The molecule has 1 aromatic carbocycles. The number of hydrogen-bond donors (Lipinski definition) is 1. The van der Waals surface area contributed by atoms with Crippen LogP contribution in [-0.4, -0.2) is 11.2 Å². The normalized spacial score (nSPS) is 36.6. The summed E-state index contributed by atoms with van der Waals surface area (Å²) in [6.45, 7) is 3.95. The standard InChI is InChI=1S/C12H15FO/c1-7-11(8(2)12(7)14)9-5-3-4-6-10(9)13/h3-8,11-12,14H,1-2H3. The minimum Gasteiger partial charge on any atom is -0.393 e. The lowest BCUT2D eigenvalue weighted by Crippen LogP contribution is -2.46. The molecule has 1 fully saturated rings. The molecule has 2 unspecified atom stereocenters. The largest absolute Gasteiger partial charge is 0.393 e. The Kier molecular flexibility index (Phi) is 2.31. The van der Waals surface area contributed by atoms with Crippen molar-refractivity contribution in [2.75, 3.05) is 0 Å². The molecule has 0 heterocycles. The Balaban J connectivity index is 2.29. The van der Waals surface area contributed by atoms with Crippen LogP contribution in [0.1, 0.15) is 25.3 Å². The van der Waals surface area contributed by atoms with Crippen molar-refractivity contribution in [3.05, 3.63) is 35.6 Å². The second kappa shape index (κ2) is 3.35. The van der Waals surface area contributed by atoms with Crippen molar-refractivity contribution in [1.29, 1.82) is 0 Å². The summed E-state index contributed by atoms with van der Waals surface area (Å²) in [6.07, 6.45) is -0.278. The Labute approximate surface area is 83.6 Å². The number of aliphatic hydroxyl groups is 1. The maximum absolute atomic E-state index is 13.5. The summed E-state index contributed by atoms with van der Waals surface area (Å²) in [4.78, 5) is 0. The minimum atomic E-state index is -0.278. The first-order valence-corrected chi connectivity index (χ1v) is 5.05. The average molecular weight is 194 g/mol. The molecule has 0 aromatic heterocycles. The Morgan fingerprint density at radius 3 is 2.29 bits per heavy atom. The molecule has 1 saturated carbocycles. The Morgan fingerprint density at radius 2 is 1.71 bits per heavy atom. The van der Waals surface area contributed by atoms with Gasteiger partial charge < -0.3 is 5.11 Å².